The average molecular weight is 351 g/mol. The molecule has 0 saturated carbocycles. The van der Waals surface area contributed by atoms with Gasteiger partial charge in [0.1, 0.15) is 12.3 Å². The van der Waals surface area contributed by atoms with Gasteiger partial charge in [0.2, 0.25) is 5.91 Å². The Morgan fingerprint density at radius 3 is 2.71 bits per heavy atom. The van der Waals surface area contributed by atoms with Crippen LogP contribution in [0.5, 0.6) is 0 Å². The lowest BCUT2D eigenvalue weighted by Crippen LogP contribution is -2.52. The molecule has 0 bridgehead atoms. The number of hydrogen-bond acceptors (Lipinski definition) is 3. The van der Waals surface area contributed by atoms with Crippen LogP contribution in [0.3, 0.4) is 0 Å². The van der Waals surface area contributed by atoms with Crippen molar-refractivity contribution in [3.63, 3.8) is 0 Å². The third kappa shape index (κ3) is 3.78. The van der Waals surface area contributed by atoms with Crippen LogP contribution in [0.2, 0.25) is 5.02 Å². The zero-order valence-corrected chi connectivity index (χ0v) is 15.0. The Hall–Kier alpha value is -1.88. The van der Waals surface area contributed by atoms with Crippen molar-refractivity contribution in [2.24, 2.45) is 5.92 Å². The summed E-state index contributed by atoms with van der Waals surface area (Å²) in [5.41, 5.74) is 1.13. The number of nitrogens with one attached hydrogen (secondary N) is 1. The monoisotopic (exact) mass is 350 g/mol. The first-order valence-corrected chi connectivity index (χ1v) is 8.56. The fourth-order valence-electron chi connectivity index (χ4n) is 2.97. The molecule has 6 heteroatoms. The molecule has 2 rings (SSSR count). The highest BCUT2D eigenvalue weighted by Gasteiger charge is 2.35. The zero-order chi connectivity index (χ0) is 17.9. The van der Waals surface area contributed by atoms with Crippen molar-refractivity contribution in [3.05, 3.63) is 34.3 Å². The van der Waals surface area contributed by atoms with Gasteiger partial charge in [-0.05, 0) is 43.4 Å². The van der Waals surface area contributed by atoms with E-state index in [0.717, 1.165) is 12.7 Å². The number of halogens is 1. The van der Waals surface area contributed by atoms with E-state index in [1.165, 1.54) is 0 Å². The Bertz CT molecular complexity index is 645. The molecule has 0 aliphatic carbocycles. The van der Waals surface area contributed by atoms with E-state index >= 15 is 0 Å². The van der Waals surface area contributed by atoms with Crippen LogP contribution in [-0.2, 0) is 9.59 Å². The number of rotatable bonds is 5. The van der Waals surface area contributed by atoms with Crippen molar-refractivity contribution in [2.45, 2.75) is 45.7 Å². The highest BCUT2D eigenvalue weighted by molar-refractivity contribution is 6.31. The molecule has 1 aliphatic heterocycles. The van der Waals surface area contributed by atoms with Crippen molar-refractivity contribution >= 4 is 29.7 Å². The van der Waals surface area contributed by atoms with Crippen LogP contribution in [0, 0.1) is 12.8 Å². The lowest BCUT2D eigenvalue weighted by atomic mass is 10.0. The molecule has 1 fully saturated rings. The Balaban J connectivity index is 2.19. The molecule has 24 heavy (non-hydrogen) atoms. The summed E-state index contributed by atoms with van der Waals surface area (Å²) in [7, 11) is 0. The van der Waals surface area contributed by atoms with Gasteiger partial charge in [-0.2, -0.15) is 0 Å². The van der Waals surface area contributed by atoms with Crippen molar-refractivity contribution in [2.75, 3.05) is 6.54 Å². The van der Waals surface area contributed by atoms with Crippen LogP contribution in [0.15, 0.2) is 18.2 Å². The van der Waals surface area contributed by atoms with E-state index < -0.39 is 6.04 Å². The molecule has 130 valence electrons. The maximum Gasteiger partial charge on any atom is 0.252 e. The van der Waals surface area contributed by atoms with Crippen LogP contribution in [0.25, 0.3) is 0 Å². The number of nitrogens with zero attached hydrogens (tertiary/aromatic N) is 1. The number of amides is 2. The molecular formula is C18H23ClN2O3. The molecule has 5 nitrogen and oxygen atoms in total. The van der Waals surface area contributed by atoms with Crippen LogP contribution >= 0.6 is 11.6 Å². The van der Waals surface area contributed by atoms with E-state index in [0.29, 0.717) is 29.1 Å². The van der Waals surface area contributed by atoms with Crippen molar-refractivity contribution in [1.29, 1.82) is 0 Å². The van der Waals surface area contributed by atoms with Crippen LogP contribution in [0.4, 0.5) is 0 Å². The third-order valence-corrected chi connectivity index (χ3v) is 4.88. The number of carbonyl (C=O) groups excluding carboxylic acids is 3. The summed E-state index contributed by atoms with van der Waals surface area (Å²) in [6, 6.07) is 4.06. The minimum atomic E-state index is -0.670. The molecule has 0 radical (unpaired) electrons. The summed E-state index contributed by atoms with van der Waals surface area (Å²) < 4.78 is 0. The largest absolute Gasteiger partial charge is 0.340 e. The molecule has 1 aromatic rings. The maximum atomic E-state index is 12.8. The first-order valence-electron chi connectivity index (χ1n) is 8.18. The zero-order valence-electron chi connectivity index (χ0n) is 14.2. The lowest BCUT2D eigenvalue weighted by molar-refractivity contribution is -0.137. The minimum Gasteiger partial charge on any atom is -0.340 e. The molecule has 1 aromatic carbocycles. The minimum absolute atomic E-state index is 0.0890. The van der Waals surface area contributed by atoms with E-state index in [2.05, 4.69) is 5.32 Å². The Kier molecular flexibility index (Phi) is 5.99. The van der Waals surface area contributed by atoms with Gasteiger partial charge >= 0.3 is 0 Å². The summed E-state index contributed by atoms with van der Waals surface area (Å²) in [6.07, 6.45) is 2.30. The molecular weight excluding hydrogens is 328 g/mol. The molecule has 1 saturated heterocycles. The van der Waals surface area contributed by atoms with Gasteiger partial charge in [0.05, 0.1) is 6.04 Å². The highest BCUT2D eigenvalue weighted by atomic mass is 35.5. The second-order valence-electron chi connectivity index (χ2n) is 6.48. The van der Waals surface area contributed by atoms with Crippen molar-refractivity contribution in [3.8, 4) is 0 Å². The van der Waals surface area contributed by atoms with Crippen LogP contribution < -0.4 is 5.32 Å². The second kappa shape index (κ2) is 7.79. The van der Waals surface area contributed by atoms with Gasteiger partial charge in [-0.3, -0.25) is 9.59 Å². The molecule has 1 heterocycles. The summed E-state index contributed by atoms with van der Waals surface area (Å²) in [5, 5.41) is 3.33. The summed E-state index contributed by atoms with van der Waals surface area (Å²) >= 11 is 6.07. The van der Waals surface area contributed by atoms with E-state index in [1.807, 2.05) is 13.8 Å². The number of carbonyl (C=O) groups is 3. The Labute approximate surface area is 147 Å². The predicted molar refractivity (Wildman–Crippen MR) is 93.1 cm³/mol. The van der Waals surface area contributed by atoms with Gasteiger partial charge in [0.15, 0.2) is 0 Å². The molecule has 2 amide bonds. The number of hydrogen-bond donors (Lipinski definition) is 1. The highest BCUT2D eigenvalue weighted by Crippen LogP contribution is 2.21. The first-order chi connectivity index (χ1) is 11.4. The fraction of sp³-hybridized carbons (Fsp3) is 0.500. The third-order valence-electron chi connectivity index (χ3n) is 4.47. The van der Waals surface area contributed by atoms with E-state index in [-0.39, 0.29) is 23.8 Å². The summed E-state index contributed by atoms with van der Waals surface area (Å²) in [5.74, 6) is -0.620. The smallest absolute Gasteiger partial charge is 0.252 e. The molecule has 2 atom stereocenters. The standard InChI is InChI=1S/C18H23ClN2O3/c1-11(2)16(18(24)21-9-5-6-13(21)10-22)20-17(23)14-7-4-8-15(19)12(14)3/h4,7-8,10-11,13,16H,5-6,9H2,1-3H3,(H,20,23)/t13-,16-/m0/s1. The quantitative estimate of drug-likeness (QED) is 0.830. The number of aldehydes is 1. The van der Waals surface area contributed by atoms with Gasteiger partial charge < -0.3 is 15.0 Å². The maximum absolute atomic E-state index is 12.8. The summed E-state index contributed by atoms with van der Waals surface area (Å²) in [4.78, 5) is 38.1. The molecule has 0 aromatic heterocycles. The fourth-order valence-corrected chi connectivity index (χ4v) is 3.15. The van der Waals surface area contributed by atoms with Crippen LogP contribution in [0.1, 0.15) is 42.6 Å². The topological polar surface area (TPSA) is 66.5 Å². The van der Waals surface area contributed by atoms with E-state index in [9.17, 15) is 14.4 Å². The van der Waals surface area contributed by atoms with Crippen LogP contribution in [-0.4, -0.2) is 41.6 Å². The van der Waals surface area contributed by atoms with Gasteiger partial charge in [-0.25, -0.2) is 0 Å². The van der Waals surface area contributed by atoms with Gasteiger partial charge in [0.25, 0.3) is 5.91 Å². The normalized spacial score (nSPS) is 18.5. The van der Waals surface area contributed by atoms with Crippen molar-refractivity contribution < 1.29 is 14.4 Å². The predicted octanol–water partition coefficient (Wildman–Crippen LogP) is 2.59. The van der Waals surface area contributed by atoms with Gasteiger partial charge in [-0.1, -0.05) is 31.5 Å². The number of benzene rings is 1. The second-order valence-corrected chi connectivity index (χ2v) is 6.89. The molecule has 0 unspecified atom stereocenters. The van der Waals surface area contributed by atoms with E-state index in [4.69, 9.17) is 11.6 Å². The lowest BCUT2D eigenvalue weighted by Gasteiger charge is -2.29. The average Bonchev–Trinajstić information content (AvgIpc) is 3.02. The Morgan fingerprint density at radius 2 is 2.08 bits per heavy atom. The Morgan fingerprint density at radius 1 is 1.38 bits per heavy atom. The van der Waals surface area contributed by atoms with Crippen molar-refractivity contribution in [1.82, 2.24) is 10.2 Å². The van der Waals surface area contributed by atoms with Gasteiger partial charge in [0, 0.05) is 17.1 Å². The van der Waals surface area contributed by atoms with E-state index in [1.54, 1.807) is 30.0 Å². The first kappa shape index (κ1) is 18.5. The van der Waals surface area contributed by atoms with Gasteiger partial charge in [-0.15, -0.1) is 0 Å². The molecule has 1 aliphatic rings. The SMILES string of the molecule is Cc1c(Cl)cccc1C(=O)N[C@H](C(=O)N1CCC[C@H]1C=O)C(C)C. The summed E-state index contributed by atoms with van der Waals surface area (Å²) in [6.45, 7) is 6.07. The number of likely N-dealkylation sites (tertiary alicyclic amines) is 1. The molecule has 0 spiro atoms. The molecule has 1 N–H and O–H groups in total.